The summed E-state index contributed by atoms with van der Waals surface area (Å²) in [5.74, 6) is 1.84. The van der Waals surface area contributed by atoms with Gasteiger partial charge in [0.15, 0.2) is 17.5 Å². The number of rotatable bonds is 4. The number of thiophene rings is 1. The molecule has 0 atom stereocenters. The Hall–Kier alpha value is -5.65. The topological polar surface area (TPSA) is 51.8 Å². The van der Waals surface area contributed by atoms with E-state index in [0.717, 1.165) is 49.6 Å². The van der Waals surface area contributed by atoms with Crippen molar-refractivity contribution in [3.8, 4) is 45.3 Å². The van der Waals surface area contributed by atoms with Crippen molar-refractivity contribution >= 4 is 53.4 Å². The van der Waals surface area contributed by atoms with E-state index in [1.165, 1.54) is 20.3 Å². The zero-order chi connectivity index (χ0) is 29.0. The molecule has 0 saturated carbocycles. The molecule has 0 bridgehead atoms. The predicted octanol–water partition coefficient (Wildman–Crippen LogP) is 10.8. The molecule has 0 N–H and O–H groups in total. The van der Waals surface area contributed by atoms with E-state index in [-0.39, 0.29) is 0 Å². The lowest BCUT2D eigenvalue weighted by Gasteiger charge is -2.10. The number of fused-ring (bicyclic) bond motifs is 6. The average molecular weight is 582 g/mol. The molecule has 206 valence electrons. The van der Waals surface area contributed by atoms with Crippen LogP contribution in [0.15, 0.2) is 144 Å². The fourth-order valence-electron chi connectivity index (χ4n) is 6.07. The number of furan rings is 1. The van der Waals surface area contributed by atoms with Crippen molar-refractivity contribution in [2.24, 2.45) is 0 Å². The van der Waals surface area contributed by atoms with Crippen molar-refractivity contribution in [2.75, 3.05) is 0 Å². The van der Waals surface area contributed by atoms with E-state index in [0.29, 0.717) is 17.5 Å². The van der Waals surface area contributed by atoms with E-state index in [1.54, 1.807) is 11.3 Å². The summed E-state index contributed by atoms with van der Waals surface area (Å²) in [6.07, 6.45) is 0. The second kappa shape index (κ2) is 9.97. The van der Waals surface area contributed by atoms with Gasteiger partial charge >= 0.3 is 0 Å². The molecule has 0 aliphatic rings. The smallest absolute Gasteiger partial charge is 0.167 e. The molecule has 0 amide bonds. The van der Waals surface area contributed by atoms with E-state index in [2.05, 4.69) is 103 Å². The van der Waals surface area contributed by atoms with Gasteiger partial charge in [0.2, 0.25) is 0 Å². The van der Waals surface area contributed by atoms with Crippen LogP contribution in [0.3, 0.4) is 0 Å². The maximum atomic E-state index is 6.41. The first-order valence-corrected chi connectivity index (χ1v) is 15.3. The van der Waals surface area contributed by atoms with Crippen LogP contribution in [-0.2, 0) is 0 Å². The van der Waals surface area contributed by atoms with Gasteiger partial charge in [-0.3, -0.25) is 0 Å². The van der Waals surface area contributed by atoms with Crippen LogP contribution in [0.5, 0.6) is 0 Å². The van der Waals surface area contributed by atoms with Crippen LogP contribution in [0.4, 0.5) is 0 Å². The Bertz CT molecular complexity index is 2490. The van der Waals surface area contributed by atoms with Crippen LogP contribution in [0.25, 0.3) is 87.4 Å². The molecule has 9 rings (SSSR count). The first kappa shape index (κ1) is 24.9. The summed E-state index contributed by atoms with van der Waals surface area (Å²) in [5.41, 5.74) is 6.68. The summed E-state index contributed by atoms with van der Waals surface area (Å²) >= 11 is 1.79. The monoisotopic (exact) mass is 581 g/mol. The first-order chi connectivity index (χ1) is 21.8. The highest BCUT2D eigenvalue weighted by Crippen LogP contribution is 2.40. The molecule has 0 aliphatic heterocycles. The number of nitrogens with zero attached hydrogens (tertiary/aromatic N) is 3. The van der Waals surface area contributed by atoms with Crippen LogP contribution >= 0.6 is 11.3 Å². The highest BCUT2D eigenvalue weighted by molar-refractivity contribution is 7.25. The van der Waals surface area contributed by atoms with Gasteiger partial charge in [0, 0.05) is 42.1 Å². The third-order valence-electron chi connectivity index (χ3n) is 8.17. The standard InChI is InChI=1S/C39H23N3OS/c1-2-10-24(11-3-1)25-20-22-26(23-21-25)37-40-38(30-15-9-19-34-35(30)29-13-5-7-18-33(29)44-34)42-39(41-37)31-16-8-14-28-27-12-4-6-17-32(27)43-36(28)31/h1-23H. The zero-order valence-electron chi connectivity index (χ0n) is 23.4. The summed E-state index contributed by atoms with van der Waals surface area (Å²) in [6.45, 7) is 0. The van der Waals surface area contributed by atoms with Crippen molar-refractivity contribution in [1.29, 1.82) is 0 Å². The maximum Gasteiger partial charge on any atom is 0.167 e. The lowest BCUT2D eigenvalue weighted by Crippen LogP contribution is -2.00. The quantitative estimate of drug-likeness (QED) is 0.207. The van der Waals surface area contributed by atoms with Gasteiger partial charge in [-0.25, -0.2) is 15.0 Å². The van der Waals surface area contributed by atoms with E-state index in [1.807, 2.05) is 36.4 Å². The number of para-hydroxylation sites is 2. The number of hydrogen-bond donors (Lipinski definition) is 0. The lowest BCUT2D eigenvalue weighted by molar-refractivity contribution is 0.669. The minimum Gasteiger partial charge on any atom is -0.455 e. The van der Waals surface area contributed by atoms with Gasteiger partial charge in [-0.1, -0.05) is 115 Å². The molecular formula is C39H23N3OS. The highest BCUT2D eigenvalue weighted by atomic mass is 32.1. The number of aromatic nitrogens is 3. The molecule has 0 spiro atoms. The molecule has 3 heterocycles. The molecule has 0 saturated heterocycles. The van der Waals surface area contributed by atoms with Gasteiger partial charge in [0.05, 0.1) is 5.56 Å². The van der Waals surface area contributed by atoms with Crippen LogP contribution in [0.2, 0.25) is 0 Å². The largest absolute Gasteiger partial charge is 0.455 e. The number of hydrogen-bond acceptors (Lipinski definition) is 5. The molecule has 44 heavy (non-hydrogen) atoms. The van der Waals surface area contributed by atoms with Crippen molar-refractivity contribution in [2.45, 2.75) is 0 Å². The fourth-order valence-corrected chi connectivity index (χ4v) is 7.20. The first-order valence-electron chi connectivity index (χ1n) is 14.5. The van der Waals surface area contributed by atoms with Gasteiger partial charge in [0.1, 0.15) is 11.2 Å². The Kier molecular flexibility index (Phi) is 5.64. The lowest BCUT2D eigenvalue weighted by atomic mass is 10.0. The normalized spacial score (nSPS) is 11.6. The highest BCUT2D eigenvalue weighted by Gasteiger charge is 2.19. The summed E-state index contributed by atoms with van der Waals surface area (Å²) in [7, 11) is 0. The van der Waals surface area contributed by atoms with Gasteiger partial charge in [-0.2, -0.15) is 0 Å². The Morgan fingerprint density at radius 2 is 1.00 bits per heavy atom. The third kappa shape index (κ3) is 4.02. The average Bonchev–Trinajstić information content (AvgIpc) is 3.67. The predicted molar refractivity (Wildman–Crippen MR) is 182 cm³/mol. The Morgan fingerprint density at radius 3 is 1.86 bits per heavy atom. The zero-order valence-corrected chi connectivity index (χ0v) is 24.3. The van der Waals surface area contributed by atoms with Crippen molar-refractivity contribution in [3.63, 3.8) is 0 Å². The Labute approximate surface area is 256 Å². The Morgan fingerprint density at radius 1 is 0.409 bits per heavy atom. The fraction of sp³-hybridized carbons (Fsp3) is 0. The molecule has 0 aliphatic carbocycles. The second-order valence-corrected chi connectivity index (χ2v) is 11.9. The molecule has 3 aromatic heterocycles. The van der Waals surface area contributed by atoms with Crippen molar-refractivity contribution in [1.82, 2.24) is 15.0 Å². The summed E-state index contributed by atoms with van der Waals surface area (Å²) in [5, 5.41) is 4.49. The van der Waals surface area contributed by atoms with E-state index >= 15 is 0 Å². The van der Waals surface area contributed by atoms with E-state index in [4.69, 9.17) is 19.4 Å². The SMILES string of the molecule is c1ccc(-c2ccc(-c3nc(-c4cccc5c4oc4ccccc45)nc(-c4cccc5sc6ccccc6c45)n3)cc2)cc1. The van der Waals surface area contributed by atoms with Crippen LogP contribution < -0.4 is 0 Å². The molecule has 5 heteroatoms. The van der Waals surface area contributed by atoms with E-state index < -0.39 is 0 Å². The molecule has 0 fully saturated rings. The summed E-state index contributed by atoms with van der Waals surface area (Å²) < 4.78 is 8.86. The number of benzene rings is 6. The molecule has 6 aromatic carbocycles. The van der Waals surface area contributed by atoms with Crippen molar-refractivity contribution in [3.05, 3.63) is 140 Å². The van der Waals surface area contributed by atoms with Crippen molar-refractivity contribution < 1.29 is 4.42 Å². The molecular weight excluding hydrogens is 559 g/mol. The molecule has 9 aromatic rings. The van der Waals surface area contributed by atoms with Gasteiger partial charge in [-0.15, -0.1) is 11.3 Å². The molecule has 4 nitrogen and oxygen atoms in total. The minimum absolute atomic E-state index is 0.582. The van der Waals surface area contributed by atoms with E-state index in [9.17, 15) is 0 Å². The summed E-state index contributed by atoms with van der Waals surface area (Å²) in [4.78, 5) is 15.3. The summed E-state index contributed by atoms with van der Waals surface area (Å²) in [6, 6.07) is 48.0. The van der Waals surface area contributed by atoms with Gasteiger partial charge in [0.25, 0.3) is 0 Å². The third-order valence-corrected chi connectivity index (χ3v) is 9.31. The molecule has 0 radical (unpaired) electrons. The van der Waals surface area contributed by atoms with Crippen LogP contribution in [0.1, 0.15) is 0 Å². The minimum atomic E-state index is 0.582. The van der Waals surface area contributed by atoms with Crippen LogP contribution in [0, 0.1) is 0 Å². The van der Waals surface area contributed by atoms with Gasteiger partial charge < -0.3 is 4.42 Å². The van der Waals surface area contributed by atoms with Crippen LogP contribution in [-0.4, -0.2) is 15.0 Å². The molecule has 0 unspecified atom stereocenters. The second-order valence-electron chi connectivity index (χ2n) is 10.8. The maximum absolute atomic E-state index is 6.41. The van der Waals surface area contributed by atoms with Gasteiger partial charge in [-0.05, 0) is 35.4 Å². The Balaban J connectivity index is 1.29.